The minimum Gasteiger partial charge on any atom is -0.338 e. The van der Waals surface area contributed by atoms with Crippen LogP contribution in [-0.4, -0.2) is 38.5 Å². The predicted octanol–water partition coefficient (Wildman–Crippen LogP) is 2.83. The number of fused-ring (bicyclic) bond motifs is 3. The lowest BCUT2D eigenvalue weighted by atomic mass is 9.98. The lowest BCUT2D eigenvalue weighted by molar-refractivity contribution is 0.0761. The minimum absolute atomic E-state index is 0.0438. The number of amides is 1. The largest absolute Gasteiger partial charge is 0.338 e. The summed E-state index contributed by atoms with van der Waals surface area (Å²) in [7, 11) is 0. The molecular formula is C19H22N4O2. The van der Waals surface area contributed by atoms with Gasteiger partial charge in [-0.05, 0) is 37.3 Å². The van der Waals surface area contributed by atoms with Crippen LogP contribution in [0.1, 0.15) is 43.0 Å². The first kappa shape index (κ1) is 15.9. The Morgan fingerprint density at radius 1 is 1.28 bits per heavy atom. The van der Waals surface area contributed by atoms with Gasteiger partial charge in [-0.15, -0.1) is 0 Å². The highest BCUT2D eigenvalue weighted by molar-refractivity contribution is 6.00. The molecule has 0 spiro atoms. The van der Waals surface area contributed by atoms with Gasteiger partial charge in [-0.3, -0.25) is 9.59 Å². The fourth-order valence-corrected chi connectivity index (χ4v) is 3.78. The third kappa shape index (κ3) is 2.71. The summed E-state index contributed by atoms with van der Waals surface area (Å²) in [6.45, 7) is 3.75. The van der Waals surface area contributed by atoms with Gasteiger partial charge in [0.25, 0.3) is 11.5 Å². The van der Waals surface area contributed by atoms with E-state index in [1.54, 1.807) is 16.8 Å². The summed E-state index contributed by atoms with van der Waals surface area (Å²) in [6, 6.07) is 7.29. The molecule has 2 aromatic heterocycles. The van der Waals surface area contributed by atoms with E-state index in [-0.39, 0.29) is 11.5 Å². The lowest BCUT2D eigenvalue weighted by Gasteiger charge is -2.20. The van der Waals surface area contributed by atoms with Crippen LogP contribution in [0.3, 0.4) is 0 Å². The van der Waals surface area contributed by atoms with E-state index in [0.29, 0.717) is 28.0 Å². The van der Waals surface area contributed by atoms with Crippen molar-refractivity contribution in [1.29, 1.82) is 0 Å². The van der Waals surface area contributed by atoms with Crippen LogP contribution < -0.4 is 5.56 Å². The van der Waals surface area contributed by atoms with Gasteiger partial charge in [0.05, 0.1) is 17.1 Å². The van der Waals surface area contributed by atoms with E-state index in [9.17, 15) is 9.59 Å². The Balaban J connectivity index is 1.74. The van der Waals surface area contributed by atoms with Gasteiger partial charge in [-0.25, -0.2) is 4.52 Å². The number of nitrogens with zero attached hydrogens (tertiary/aromatic N) is 3. The molecule has 1 atom stereocenters. The third-order valence-corrected chi connectivity index (χ3v) is 5.32. The molecule has 1 saturated heterocycles. The first-order chi connectivity index (χ1) is 12.2. The molecule has 1 fully saturated rings. The van der Waals surface area contributed by atoms with Gasteiger partial charge in [0.15, 0.2) is 0 Å². The summed E-state index contributed by atoms with van der Waals surface area (Å²) in [5, 5.41) is 4.92. The number of rotatable bonds is 2. The summed E-state index contributed by atoms with van der Waals surface area (Å²) >= 11 is 0. The number of hydrogen-bond donors (Lipinski definition) is 1. The number of aromatic nitrogens is 3. The molecule has 1 aromatic carbocycles. The van der Waals surface area contributed by atoms with Crippen molar-refractivity contribution in [3.05, 3.63) is 46.4 Å². The van der Waals surface area contributed by atoms with Crippen LogP contribution in [0.4, 0.5) is 0 Å². The van der Waals surface area contributed by atoms with Crippen LogP contribution in [0.15, 0.2) is 35.3 Å². The topological polar surface area (TPSA) is 70.5 Å². The van der Waals surface area contributed by atoms with Crippen LogP contribution in [0.2, 0.25) is 0 Å². The van der Waals surface area contributed by atoms with Gasteiger partial charge >= 0.3 is 0 Å². The number of likely N-dealkylation sites (tertiary alicyclic amines) is 1. The summed E-state index contributed by atoms with van der Waals surface area (Å²) in [4.78, 5) is 30.1. The average molecular weight is 338 g/mol. The van der Waals surface area contributed by atoms with E-state index in [0.717, 1.165) is 32.4 Å². The highest BCUT2D eigenvalue weighted by Gasteiger charge is 2.24. The van der Waals surface area contributed by atoms with Crippen molar-refractivity contribution in [3.63, 3.8) is 0 Å². The van der Waals surface area contributed by atoms with E-state index in [2.05, 4.69) is 17.0 Å². The van der Waals surface area contributed by atoms with Crippen molar-refractivity contribution in [1.82, 2.24) is 19.5 Å². The number of carbonyl (C=O) groups excluding carboxylic acids is 1. The number of para-hydroxylation sites is 1. The second-order valence-electron chi connectivity index (χ2n) is 6.79. The van der Waals surface area contributed by atoms with Gasteiger partial charge in [0.2, 0.25) is 0 Å². The maximum atomic E-state index is 13.0. The summed E-state index contributed by atoms with van der Waals surface area (Å²) in [6.07, 6.45) is 5.99. The van der Waals surface area contributed by atoms with Crippen LogP contribution >= 0.6 is 0 Å². The van der Waals surface area contributed by atoms with Crippen LogP contribution in [0.25, 0.3) is 16.6 Å². The van der Waals surface area contributed by atoms with Crippen molar-refractivity contribution in [3.8, 4) is 0 Å². The lowest BCUT2D eigenvalue weighted by Crippen LogP contribution is -2.32. The molecule has 0 bridgehead atoms. The molecule has 4 rings (SSSR count). The first-order valence-corrected chi connectivity index (χ1v) is 8.97. The minimum atomic E-state index is -0.195. The molecule has 6 heteroatoms. The fraction of sp³-hybridized carbons (Fsp3) is 0.421. The number of benzene rings is 1. The zero-order valence-electron chi connectivity index (χ0n) is 14.4. The summed E-state index contributed by atoms with van der Waals surface area (Å²) in [5.41, 5.74) is 1.46. The van der Waals surface area contributed by atoms with E-state index >= 15 is 0 Å². The first-order valence-electron chi connectivity index (χ1n) is 8.97. The molecule has 130 valence electrons. The number of carbonyl (C=O) groups is 1. The Morgan fingerprint density at radius 3 is 2.96 bits per heavy atom. The molecule has 3 aromatic rings. The van der Waals surface area contributed by atoms with Crippen LogP contribution in [-0.2, 0) is 0 Å². The Hall–Kier alpha value is -2.63. The van der Waals surface area contributed by atoms with Crippen molar-refractivity contribution in [2.24, 2.45) is 5.92 Å². The number of aromatic amines is 1. The monoisotopic (exact) mass is 338 g/mol. The number of hydrogen-bond acceptors (Lipinski definition) is 3. The number of nitrogens with one attached hydrogen (secondary N) is 1. The van der Waals surface area contributed by atoms with Gasteiger partial charge in [-0.1, -0.05) is 25.5 Å². The molecule has 0 saturated carbocycles. The van der Waals surface area contributed by atoms with Crippen LogP contribution in [0.5, 0.6) is 0 Å². The Morgan fingerprint density at radius 2 is 2.12 bits per heavy atom. The quantitative estimate of drug-likeness (QED) is 0.781. The average Bonchev–Trinajstić information content (AvgIpc) is 2.90. The molecule has 1 aliphatic rings. The van der Waals surface area contributed by atoms with Crippen molar-refractivity contribution in [2.45, 2.75) is 32.6 Å². The van der Waals surface area contributed by atoms with Crippen LogP contribution in [0, 0.1) is 5.92 Å². The molecule has 0 radical (unpaired) electrons. The van der Waals surface area contributed by atoms with Gasteiger partial charge in [-0.2, -0.15) is 5.10 Å². The Bertz CT molecular complexity index is 988. The molecule has 0 unspecified atom stereocenters. The SMILES string of the molecule is CC[C@H]1CCCN(C(=O)c2cnn3c2[nH]c(=O)c2ccccc23)CC1. The van der Waals surface area contributed by atoms with Gasteiger partial charge < -0.3 is 9.88 Å². The molecule has 0 aliphatic carbocycles. The molecule has 1 aliphatic heterocycles. The standard InChI is InChI=1S/C19H22N4O2/c1-2-13-6-5-10-22(11-9-13)19(25)15-12-20-23-16-8-4-3-7-14(16)18(24)21-17(15)23/h3-4,7-8,12-13H,2,5-6,9-11H2,1H3,(H,21,24)/t13-/m0/s1. The number of H-pyrrole nitrogens is 1. The predicted molar refractivity (Wildman–Crippen MR) is 96.9 cm³/mol. The summed E-state index contributed by atoms with van der Waals surface area (Å²) < 4.78 is 1.65. The molecule has 6 nitrogen and oxygen atoms in total. The van der Waals surface area contributed by atoms with Gasteiger partial charge in [0.1, 0.15) is 11.2 Å². The molecule has 25 heavy (non-hydrogen) atoms. The highest BCUT2D eigenvalue weighted by Crippen LogP contribution is 2.22. The maximum Gasteiger partial charge on any atom is 0.259 e. The fourth-order valence-electron chi connectivity index (χ4n) is 3.78. The van der Waals surface area contributed by atoms with E-state index in [1.807, 2.05) is 23.1 Å². The smallest absolute Gasteiger partial charge is 0.259 e. The highest BCUT2D eigenvalue weighted by atomic mass is 16.2. The Labute approximate surface area is 145 Å². The molecule has 1 amide bonds. The Kier molecular flexibility index (Phi) is 4.03. The van der Waals surface area contributed by atoms with E-state index < -0.39 is 0 Å². The zero-order valence-corrected chi connectivity index (χ0v) is 14.4. The third-order valence-electron chi connectivity index (χ3n) is 5.32. The van der Waals surface area contributed by atoms with E-state index in [4.69, 9.17) is 0 Å². The normalized spacial score (nSPS) is 18.6. The second-order valence-corrected chi connectivity index (χ2v) is 6.79. The van der Waals surface area contributed by atoms with Crippen molar-refractivity contribution >= 4 is 22.5 Å². The summed E-state index contributed by atoms with van der Waals surface area (Å²) in [5.74, 6) is 0.656. The van der Waals surface area contributed by atoms with Crippen molar-refractivity contribution < 1.29 is 4.79 Å². The molecule has 3 heterocycles. The van der Waals surface area contributed by atoms with Crippen molar-refractivity contribution in [2.75, 3.05) is 13.1 Å². The van der Waals surface area contributed by atoms with Gasteiger partial charge in [0, 0.05) is 13.1 Å². The second kappa shape index (κ2) is 6.35. The molecule has 1 N–H and O–H groups in total. The maximum absolute atomic E-state index is 13.0. The van der Waals surface area contributed by atoms with E-state index in [1.165, 1.54) is 6.42 Å². The molecular weight excluding hydrogens is 316 g/mol. The zero-order chi connectivity index (χ0) is 17.4.